The number of nitrogens with one attached hydrogen (secondary N) is 2. The fraction of sp³-hybridized carbons (Fsp3) is 0.263. The summed E-state index contributed by atoms with van der Waals surface area (Å²) in [6.45, 7) is 3.24. The second-order valence-electron chi connectivity index (χ2n) is 6.13. The predicted octanol–water partition coefficient (Wildman–Crippen LogP) is 1.52. The van der Waals surface area contributed by atoms with Gasteiger partial charge >= 0.3 is 0 Å². The molecule has 8 nitrogen and oxygen atoms in total. The van der Waals surface area contributed by atoms with Crippen LogP contribution < -0.4 is 10.6 Å². The number of aromatic nitrogens is 4. The van der Waals surface area contributed by atoms with Gasteiger partial charge in [0.15, 0.2) is 0 Å². The van der Waals surface area contributed by atoms with E-state index in [-0.39, 0.29) is 11.8 Å². The molecule has 0 spiro atoms. The van der Waals surface area contributed by atoms with Gasteiger partial charge in [-0.3, -0.25) is 9.59 Å². The average Bonchev–Trinajstić information content (AvgIpc) is 3.35. The van der Waals surface area contributed by atoms with Gasteiger partial charge in [-0.25, -0.2) is 9.67 Å². The number of amides is 2. The van der Waals surface area contributed by atoms with Crippen molar-refractivity contribution in [3.8, 4) is 5.69 Å². The monoisotopic (exact) mass is 366 g/mol. The molecule has 140 valence electrons. The fourth-order valence-corrected chi connectivity index (χ4v) is 2.65. The van der Waals surface area contributed by atoms with E-state index in [1.807, 2.05) is 29.0 Å². The maximum Gasteiger partial charge on any atom is 0.253 e. The van der Waals surface area contributed by atoms with Crippen molar-refractivity contribution in [2.45, 2.75) is 26.4 Å². The van der Waals surface area contributed by atoms with Crippen molar-refractivity contribution in [1.29, 1.82) is 0 Å². The van der Waals surface area contributed by atoms with Crippen LogP contribution in [0.5, 0.6) is 0 Å². The zero-order chi connectivity index (χ0) is 19.1. The fourth-order valence-electron chi connectivity index (χ4n) is 2.65. The third-order valence-electron chi connectivity index (χ3n) is 4.01. The van der Waals surface area contributed by atoms with Crippen LogP contribution in [0.3, 0.4) is 0 Å². The first-order valence-electron chi connectivity index (χ1n) is 8.75. The number of carbonyl (C=O) groups is 2. The first kappa shape index (κ1) is 18.4. The van der Waals surface area contributed by atoms with Crippen molar-refractivity contribution < 1.29 is 9.59 Å². The largest absolute Gasteiger partial charge is 0.352 e. The number of benzene rings is 1. The van der Waals surface area contributed by atoms with Crippen molar-refractivity contribution in [2.24, 2.45) is 0 Å². The van der Waals surface area contributed by atoms with E-state index in [2.05, 4.69) is 20.7 Å². The second kappa shape index (κ2) is 8.79. The van der Waals surface area contributed by atoms with E-state index in [1.54, 1.807) is 35.7 Å². The SMILES string of the molecule is CC(=O)NCc1cnn(-c2ccccc2C(=O)NCCCn2ccnc2)c1. The summed E-state index contributed by atoms with van der Waals surface area (Å²) in [6.07, 6.45) is 9.68. The minimum atomic E-state index is -0.143. The molecule has 0 fully saturated rings. The molecular weight excluding hydrogens is 344 g/mol. The molecule has 0 aliphatic heterocycles. The molecule has 2 amide bonds. The van der Waals surface area contributed by atoms with Crippen LogP contribution >= 0.6 is 0 Å². The number of imidazole rings is 1. The Balaban J connectivity index is 1.62. The summed E-state index contributed by atoms with van der Waals surface area (Å²) in [7, 11) is 0. The van der Waals surface area contributed by atoms with Crippen LogP contribution in [0.4, 0.5) is 0 Å². The molecule has 27 heavy (non-hydrogen) atoms. The molecule has 0 radical (unpaired) electrons. The Hall–Kier alpha value is -3.42. The standard InChI is InChI=1S/C19H22N6O2/c1-15(26)22-11-16-12-23-25(13-16)18-6-3-2-5-17(18)19(27)21-7-4-9-24-10-8-20-14-24/h2-3,5-6,8,10,12-14H,4,7,9,11H2,1H3,(H,21,27)(H,22,26). The molecule has 0 saturated heterocycles. The molecule has 2 aromatic heterocycles. The summed E-state index contributed by atoms with van der Waals surface area (Å²) < 4.78 is 3.62. The van der Waals surface area contributed by atoms with E-state index in [9.17, 15) is 9.59 Å². The van der Waals surface area contributed by atoms with E-state index >= 15 is 0 Å². The summed E-state index contributed by atoms with van der Waals surface area (Å²) in [6, 6.07) is 7.30. The average molecular weight is 366 g/mol. The zero-order valence-electron chi connectivity index (χ0n) is 15.1. The predicted molar refractivity (Wildman–Crippen MR) is 100 cm³/mol. The quantitative estimate of drug-likeness (QED) is 0.591. The van der Waals surface area contributed by atoms with E-state index in [0.29, 0.717) is 24.3 Å². The summed E-state index contributed by atoms with van der Waals surface area (Å²) in [4.78, 5) is 27.6. The Labute approximate surface area is 157 Å². The van der Waals surface area contributed by atoms with Gasteiger partial charge in [-0.1, -0.05) is 12.1 Å². The number of hydrogen-bond donors (Lipinski definition) is 2. The van der Waals surface area contributed by atoms with Gasteiger partial charge in [0.2, 0.25) is 5.91 Å². The molecule has 0 unspecified atom stereocenters. The van der Waals surface area contributed by atoms with Crippen molar-refractivity contribution in [2.75, 3.05) is 6.54 Å². The van der Waals surface area contributed by atoms with E-state index in [0.717, 1.165) is 18.5 Å². The molecule has 0 saturated carbocycles. The van der Waals surface area contributed by atoms with Crippen molar-refractivity contribution in [1.82, 2.24) is 30.0 Å². The Morgan fingerprint density at radius 2 is 2.04 bits per heavy atom. The number of para-hydroxylation sites is 1. The Kier molecular flexibility index (Phi) is 5.98. The Bertz CT molecular complexity index is 901. The summed E-state index contributed by atoms with van der Waals surface area (Å²) in [5.41, 5.74) is 2.11. The normalized spacial score (nSPS) is 10.6. The Morgan fingerprint density at radius 1 is 1.19 bits per heavy atom. The molecule has 1 aromatic carbocycles. The van der Waals surface area contributed by atoms with E-state index < -0.39 is 0 Å². The van der Waals surface area contributed by atoms with Crippen LogP contribution in [-0.2, 0) is 17.9 Å². The highest BCUT2D eigenvalue weighted by Gasteiger charge is 2.13. The number of rotatable bonds is 8. The van der Waals surface area contributed by atoms with Gasteiger partial charge in [0.25, 0.3) is 5.91 Å². The first-order valence-corrected chi connectivity index (χ1v) is 8.75. The summed E-state index contributed by atoms with van der Waals surface area (Å²) >= 11 is 0. The first-order chi connectivity index (χ1) is 13.1. The molecule has 0 atom stereocenters. The molecular formula is C19H22N6O2. The maximum absolute atomic E-state index is 12.6. The van der Waals surface area contributed by atoms with Gasteiger partial charge in [0.05, 0.1) is 23.8 Å². The molecule has 8 heteroatoms. The molecule has 2 N–H and O–H groups in total. The lowest BCUT2D eigenvalue weighted by molar-refractivity contribution is -0.119. The van der Waals surface area contributed by atoms with Gasteiger partial charge in [-0.05, 0) is 18.6 Å². The highest BCUT2D eigenvalue weighted by molar-refractivity contribution is 5.97. The number of nitrogens with zero attached hydrogens (tertiary/aromatic N) is 4. The van der Waals surface area contributed by atoms with E-state index in [4.69, 9.17) is 0 Å². The van der Waals surface area contributed by atoms with Crippen LogP contribution in [0.2, 0.25) is 0 Å². The zero-order valence-corrected chi connectivity index (χ0v) is 15.1. The minimum absolute atomic E-state index is 0.0989. The van der Waals surface area contributed by atoms with E-state index in [1.165, 1.54) is 6.92 Å². The van der Waals surface area contributed by atoms with Crippen molar-refractivity contribution >= 4 is 11.8 Å². The number of carbonyl (C=O) groups excluding carboxylic acids is 2. The van der Waals surface area contributed by atoms with Crippen LogP contribution in [0.1, 0.15) is 29.3 Å². The third-order valence-corrected chi connectivity index (χ3v) is 4.01. The lowest BCUT2D eigenvalue weighted by Gasteiger charge is -2.10. The molecule has 3 aromatic rings. The molecule has 0 bridgehead atoms. The third kappa shape index (κ3) is 5.04. The van der Waals surface area contributed by atoms with Gasteiger partial charge in [-0.15, -0.1) is 0 Å². The molecule has 3 rings (SSSR count). The molecule has 2 heterocycles. The second-order valence-corrected chi connectivity index (χ2v) is 6.13. The molecule has 0 aliphatic rings. The van der Waals surface area contributed by atoms with Gasteiger partial charge in [0, 0.05) is 50.7 Å². The highest BCUT2D eigenvalue weighted by atomic mass is 16.2. The van der Waals surface area contributed by atoms with Gasteiger partial charge in [-0.2, -0.15) is 5.10 Å². The topological polar surface area (TPSA) is 93.8 Å². The van der Waals surface area contributed by atoms with Gasteiger partial charge < -0.3 is 15.2 Å². The minimum Gasteiger partial charge on any atom is -0.352 e. The van der Waals surface area contributed by atoms with Crippen LogP contribution in [0, 0.1) is 0 Å². The van der Waals surface area contributed by atoms with Crippen molar-refractivity contribution in [3.63, 3.8) is 0 Å². The van der Waals surface area contributed by atoms with Crippen LogP contribution in [0.15, 0.2) is 55.4 Å². The Morgan fingerprint density at radius 3 is 2.81 bits per heavy atom. The molecule has 0 aliphatic carbocycles. The van der Waals surface area contributed by atoms with Crippen molar-refractivity contribution in [3.05, 3.63) is 66.5 Å². The summed E-state index contributed by atoms with van der Waals surface area (Å²) in [5.74, 6) is -0.242. The van der Waals surface area contributed by atoms with Crippen LogP contribution in [0.25, 0.3) is 5.69 Å². The number of hydrogen-bond acceptors (Lipinski definition) is 4. The lowest BCUT2D eigenvalue weighted by atomic mass is 10.1. The smallest absolute Gasteiger partial charge is 0.253 e. The van der Waals surface area contributed by atoms with Gasteiger partial charge in [0.1, 0.15) is 0 Å². The number of aryl methyl sites for hydroxylation is 1. The van der Waals surface area contributed by atoms with Crippen LogP contribution in [-0.4, -0.2) is 37.7 Å². The summed E-state index contributed by atoms with van der Waals surface area (Å²) in [5, 5.41) is 9.99. The maximum atomic E-state index is 12.6. The lowest BCUT2D eigenvalue weighted by Crippen LogP contribution is -2.26. The highest BCUT2D eigenvalue weighted by Crippen LogP contribution is 2.14.